The average Bonchev–Trinajstić information content (AvgIpc) is 3.16. The first-order valence-electron chi connectivity index (χ1n) is 9.40. The molecule has 1 saturated carbocycles. The number of hydrogen-bond acceptors (Lipinski definition) is 4. The van der Waals surface area contributed by atoms with E-state index in [2.05, 4.69) is 10.0 Å². The van der Waals surface area contributed by atoms with Gasteiger partial charge in [-0.2, -0.15) is 0 Å². The molecule has 6 nitrogen and oxygen atoms in total. The summed E-state index contributed by atoms with van der Waals surface area (Å²) in [4.78, 5) is 12.8. The summed E-state index contributed by atoms with van der Waals surface area (Å²) in [6.07, 6.45) is 3.69. The fourth-order valence-corrected chi connectivity index (χ4v) is 5.05. The van der Waals surface area contributed by atoms with Gasteiger partial charge in [0.25, 0.3) is 5.91 Å². The predicted molar refractivity (Wildman–Crippen MR) is 109 cm³/mol. The first kappa shape index (κ1) is 20.4. The molecule has 0 aliphatic heterocycles. The van der Waals surface area contributed by atoms with Crippen LogP contribution in [-0.2, 0) is 10.0 Å². The third-order valence-electron chi connectivity index (χ3n) is 5.11. The van der Waals surface area contributed by atoms with Crippen molar-refractivity contribution >= 4 is 21.6 Å². The maximum absolute atomic E-state index is 12.9. The molecule has 2 aromatic rings. The van der Waals surface area contributed by atoms with Crippen molar-refractivity contribution in [1.82, 2.24) is 4.72 Å². The van der Waals surface area contributed by atoms with E-state index in [1.165, 1.54) is 19.2 Å². The minimum absolute atomic E-state index is 0.0175. The zero-order valence-corrected chi connectivity index (χ0v) is 17.2. The van der Waals surface area contributed by atoms with E-state index < -0.39 is 10.0 Å². The Morgan fingerprint density at radius 1 is 1.07 bits per heavy atom. The number of nitrogens with one attached hydrogen (secondary N) is 2. The van der Waals surface area contributed by atoms with E-state index in [9.17, 15) is 13.2 Å². The van der Waals surface area contributed by atoms with Gasteiger partial charge in [0, 0.05) is 17.3 Å². The number of anilines is 1. The average molecular weight is 403 g/mol. The zero-order valence-electron chi connectivity index (χ0n) is 16.4. The highest BCUT2D eigenvalue weighted by Crippen LogP contribution is 2.28. The molecular formula is C21H26N2O4S. The van der Waals surface area contributed by atoms with Gasteiger partial charge in [0.2, 0.25) is 10.0 Å². The second-order valence-electron chi connectivity index (χ2n) is 7.19. The lowest BCUT2D eigenvalue weighted by molar-refractivity contribution is 0.102. The van der Waals surface area contributed by atoms with Gasteiger partial charge < -0.3 is 10.1 Å². The molecule has 0 saturated heterocycles. The smallest absolute Gasteiger partial charge is 0.255 e. The third kappa shape index (κ3) is 4.36. The lowest BCUT2D eigenvalue weighted by Crippen LogP contribution is -2.33. The number of carbonyl (C=O) groups excluding carboxylic acids is 1. The quantitative estimate of drug-likeness (QED) is 0.770. The Morgan fingerprint density at radius 2 is 1.71 bits per heavy atom. The van der Waals surface area contributed by atoms with E-state index in [1.54, 1.807) is 6.07 Å². The van der Waals surface area contributed by atoms with Crippen LogP contribution >= 0.6 is 0 Å². The standard InChI is InChI=1S/C21H26N2O4S/c1-14-7-6-8-15(2)20(14)22-21(24)16-11-12-18(27-3)19(13-16)28(25,26)23-17-9-4-5-10-17/h6-8,11-13,17,23H,4-5,9-10H2,1-3H3,(H,22,24). The molecule has 150 valence electrons. The van der Waals surface area contributed by atoms with E-state index in [-0.39, 0.29) is 28.2 Å². The van der Waals surface area contributed by atoms with E-state index in [4.69, 9.17) is 4.74 Å². The van der Waals surface area contributed by atoms with Crippen LogP contribution in [0.1, 0.15) is 47.2 Å². The van der Waals surface area contributed by atoms with E-state index in [1.807, 2.05) is 32.0 Å². The van der Waals surface area contributed by atoms with Crippen LogP contribution in [0, 0.1) is 13.8 Å². The molecule has 0 bridgehead atoms. The van der Waals surface area contributed by atoms with Crippen LogP contribution in [0.15, 0.2) is 41.3 Å². The normalized spacial score (nSPS) is 14.8. The van der Waals surface area contributed by atoms with Gasteiger partial charge in [-0.15, -0.1) is 0 Å². The molecule has 0 spiro atoms. The van der Waals surface area contributed by atoms with Crippen LogP contribution in [0.5, 0.6) is 5.75 Å². The molecule has 28 heavy (non-hydrogen) atoms. The van der Waals surface area contributed by atoms with Crippen molar-refractivity contribution < 1.29 is 17.9 Å². The monoisotopic (exact) mass is 402 g/mol. The minimum atomic E-state index is -3.79. The highest BCUT2D eigenvalue weighted by Gasteiger charge is 2.26. The number of benzene rings is 2. The Morgan fingerprint density at radius 3 is 2.32 bits per heavy atom. The molecule has 0 aromatic heterocycles. The second kappa shape index (κ2) is 8.32. The number of amides is 1. The number of carbonyl (C=O) groups is 1. The van der Waals surface area contributed by atoms with Crippen molar-refractivity contribution in [3.8, 4) is 5.75 Å². The highest BCUT2D eigenvalue weighted by molar-refractivity contribution is 7.89. The maximum atomic E-state index is 12.9. The Bertz CT molecular complexity index is 960. The summed E-state index contributed by atoms with van der Waals surface area (Å²) in [6.45, 7) is 3.83. The second-order valence-corrected chi connectivity index (χ2v) is 8.87. The number of para-hydroxylation sites is 1. The lowest BCUT2D eigenvalue weighted by atomic mass is 10.1. The van der Waals surface area contributed by atoms with E-state index in [0.29, 0.717) is 0 Å². The Labute approximate surface area is 166 Å². The minimum Gasteiger partial charge on any atom is -0.495 e. The largest absolute Gasteiger partial charge is 0.495 e. The van der Waals surface area contributed by atoms with Crippen LogP contribution in [0.25, 0.3) is 0 Å². The summed E-state index contributed by atoms with van der Waals surface area (Å²) < 4.78 is 33.8. The summed E-state index contributed by atoms with van der Waals surface area (Å²) in [5.74, 6) is -0.147. The molecule has 0 atom stereocenters. The van der Waals surface area contributed by atoms with Crippen LogP contribution in [0.4, 0.5) is 5.69 Å². The van der Waals surface area contributed by atoms with Crippen molar-refractivity contribution in [3.05, 3.63) is 53.1 Å². The molecule has 1 fully saturated rings. The van der Waals surface area contributed by atoms with Crippen LogP contribution in [0.3, 0.4) is 0 Å². The van der Waals surface area contributed by atoms with Gasteiger partial charge in [0.15, 0.2) is 0 Å². The molecule has 0 heterocycles. The third-order valence-corrected chi connectivity index (χ3v) is 6.65. The van der Waals surface area contributed by atoms with Crippen molar-refractivity contribution in [2.45, 2.75) is 50.5 Å². The van der Waals surface area contributed by atoms with E-state index >= 15 is 0 Å². The van der Waals surface area contributed by atoms with Gasteiger partial charge in [-0.3, -0.25) is 4.79 Å². The summed E-state index contributed by atoms with van der Waals surface area (Å²) in [5.41, 5.74) is 2.88. The van der Waals surface area contributed by atoms with Gasteiger partial charge in [0.1, 0.15) is 10.6 Å². The molecule has 1 amide bonds. The molecule has 2 aromatic carbocycles. The SMILES string of the molecule is COc1ccc(C(=O)Nc2c(C)cccc2C)cc1S(=O)(=O)NC1CCCC1. The summed E-state index contributed by atoms with van der Waals surface area (Å²) in [5, 5.41) is 2.89. The molecule has 1 aliphatic rings. The van der Waals surface area contributed by atoms with Crippen molar-refractivity contribution in [2.75, 3.05) is 12.4 Å². The first-order valence-corrected chi connectivity index (χ1v) is 10.9. The number of sulfonamides is 1. The summed E-state index contributed by atoms with van der Waals surface area (Å²) >= 11 is 0. The maximum Gasteiger partial charge on any atom is 0.255 e. The Balaban J connectivity index is 1.90. The Kier molecular flexibility index (Phi) is 6.05. The van der Waals surface area contributed by atoms with Crippen LogP contribution < -0.4 is 14.8 Å². The molecule has 0 unspecified atom stereocenters. The molecule has 0 radical (unpaired) electrons. The molecule has 3 rings (SSSR count). The lowest BCUT2D eigenvalue weighted by Gasteiger charge is -2.16. The number of ether oxygens (including phenoxy) is 1. The number of hydrogen-bond donors (Lipinski definition) is 2. The fourth-order valence-electron chi connectivity index (χ4n) is 3.55. The molecule has 7 heteroatoms. The van der Waals surface area contributed by atoms with Crippen molar-refractivity contribution in [2.24, 2.45) is 0 Å². The van der Waals surface area contributed by atoms with Gasteiger partial charge in [-0.1, -0.05) is 31.0 Å². The van der Waals surface area contributed by atoms with Gasteiger partial charge in [-0.05, 0) is 56.0 Å². The Hall–Kier alpha value is -2.38. The van der Waals surface area contributed by atoms with Crippen LogP contribution in [-0.4, -0.2) is 27.5 Å². The number of aryl methyl sites for hydroxylation is 2. The number of rotatable bonds is 6. The van der Waals surface area contributed by atoms with Gasteiger partial charge in [-0.25, -0.2) is 13.1 Å². The molecule has 1 aliphatic carbocycles. The zero-order chi connectivity index (χ0) is 20.3. The summed E-state index contributed by atoms with van der Waals surface area (Å²) in [7, 11) is -2.37. The highest BCUT2D eigenvalue weighted by atomic mass is 32.2. The topological polar surface area (TPSA) is 84.5 Å². The summed E-state index contributed by atoms with van der Waals surface area (Å²) in [6, 6.07) is 10.1. The molecular weight excluding hydrogens is 376 g/mol. The first-order chi connectivity index (χ1) is 13.3. The van der Waals surface area contributed by atoms with Gasteiger partial charge >= 0.3 is 0 Å². The van der Waals surface area contributed by atoms with Crippen molar-refractivity contribution in [3.63, 3.8) is 0 Å². The number of methoxy groups -OCH3 is 1. The van der Waals surface area contributed by atoms with E-state index in [0.717, 1.165) is 42.5 Å². The van der Waals surface area contributed by atoms with Crippen molar-refractivity contribution in [1.29, 1.82) is 0 Å². The van der Waals surface area contributed by atoms with Gasteiger partial charge in [0.05, 0.1) is 7.11 Å². The fraction of sp³-hybridized carbons (Fsp3) is 0.381. The van der Waals surface area contributed by atoms with Crippen LogP contribution in [0.2, 0.25) is 0 Å². The molecule has 2 N–H and O–H groups in total. The predicted octanol–water partition coefficient (Wildman–Crippen LogP) is 3.79.